The molecule has 0 unspecified atom stereocenters. The number of nitrogens with zero attached hydrogens (tertiary/aromatic N) is 2. The van der Waals surface area contributed by atoms with Crippen LogP contribution in [0.1, 0.15) is 44.4 Å². The monoisotopic (exact) mass is 360 g/mol. The van der Waals surface area contributed by atoms with Crippen LogP contribution in [0.2, 0.25) is 0 Å². The molecule has 0 spiro atoms. The van der Waals surface area contributed by atoms with Crippen molar-refractivity contribution in [3.63, 3.8) is 0 Å². The van der Waals surface area contributed by atoms with Crippen LogP contribution in [-0.2, 0) is 22.1 Å². The summed E-state index contributed by atoms with van der Waals surface area (Å²) in [5.74, 6) is -0.756. The lowest BCUT2D eigenvalue weighted by Gasteiger charge is -2.34. The highest BCUT2D eigenvalue weighted by Crippen LogP contribution is 2.32. The fraction of sp³-hybridized carbons (Fsp3) is 0.647. The Kier molecular flexibility index (Phi) is 6.26. The Bertz CT molecular complexity index is 597. The second-order valence-corrected chi connectivity index (χ2v) is 6.44. The van der Waals surface area contributed by atoms with Crippen LogP contribution in [-0.4, -0.2) is 41.4 Å². The van der Waals surface area contributed by atoms with Crippen molar-refractivity contribution < 1.29 is 27.8 Å². The number of pyridine rings is 1. The number of alkyl halides is 3. The number of hydrogen-bond acceptors (Lipinski definition) is 4. The summed E-state index contributed by atoms with van der Waals surface area (Å²) in [4.78, 5) is 16.4. The van der Waals surface area contributed by atoms with E-state index in [1.54, 1.807) is 4.90 Å². The molecule has 1 aromatic heterocycles. The molecule has 0 aliphatic carbocycles. The van der Waals surface area contributed by atoms with Gasteiger partial charge in [-0.2, -0.15) is 13.2 Å². The molecule has 0 radical (unpaired) electrons. The van der Waals surface area contributed by atoms with Crippen molar-refractivity contribution in [2.45, 2.75) is 57.9 Å². The van der Waals surface area contributed by atoms with Crippen molar-refractivity contribution in [1.82, 2.24) is 4.98 Å². The Morgan fingerprint density at radius 1 is 1.36 bits per heavy atom. The number of hydrogen-bond donors (Lipinski definition) is 1. The Labute approximate surface area is 144 Å². The average molecular weight is 360 g/mol. The van der Waals surface area contributed by atoms with Gasteiger partial charge in [0.05, 0.1) is 12.2 Å². The number of rotatable bonds is 6. The van der Waals surface area contributed by atoms with Gasteiger partial charge in [0.2, 0.25) is 0 Å². The maximum absolute atomic E-state index is 13.0. The molecule has 0 aromatic carbocycles. The molecule has 140 valence electrons. The topological polar surface area (TPSA) is 62.7 Å². The lowest BCUT2D eigenvalue weighted by Crippen LogP contribution is -2.39. The molecule has 5 nitrogen and oxygen atoms in total. The molecule has 0 amide bonds. The van der Waals surface area contributed by atoms with Crippen LogP contribution in [0.4, 0.5) is 19.0 Å². The normalized spacial score (nSPS) is 16.5. The van der Waals surface area contributed by atoms with E-state index in [2.05, 4.69) is 4.98 Å². The van der Waals surface area contributed by atoms with E-state index in [1.165, 1.54) is 6.07 Å². The van der Waals surface area contributed by atoms with Crippen LogP contribution in [0.25, 0.3) is 0 Å². The zero-order valence-electron chi connectivity index (χ0n) is 14.3. The number of aryl methyl sites for hydroxylation is 1. The van der Waals surface area contributed by atoms with E-state index < -0.39 is 17.8 Å². The second-order valence-electron chi connectivity index (χ2n) is 6.44. The predicted octanol–water partition coefficient (Wildman–Crippen LogP) is 3.51. The molecule has 1 aliphatic rings. The van der Waals surface area contributed by atoms with Crippen molar-refractivity contribution >= 4 is 11.8 Å². The first-order valence-electron chi connectivity index (χ1n) is 8.36. The quantitative estimate of drug-likeness (QED) is 0.841. The van der Waals surface area contributed by atoms with Gasteiger partial charge >= 0.3 is 12.1 Å². The molecular formula is C17H23F3N2O3. The number of halogens is 3. The van der Waals surface area contributed by atoms with Crippen LogP contribution >= 0.6 is 0 Å². The molecule has 0 saturated carbocycles. The van der Waals surface area contributed by atoms with Gasteiger partial charge in [-0.1, -0.05) is 6.07 Å². The van der Waals surface area contributed by atoms with Gasteiger partial charge in [-0.25, -0.2) is 4.98 Å². The fourth-order valence-corrected chi connectivity index (χ4v) is 2.93. The van der Waals surface area contributed by atoms with Crippen LogP contribution in [0.15, 0.2) is 12.1 Å². The minimum absolute atomic E-state index is 0.0875. The molecule has 1 aliphatic heterocycles. The average Bonchev–Trinajstić information content (AvgIpc) is 2.52. The van der Waals surface area contributed by atoms with Crippen molar-refractivity contribution in [3.05, 3.63) is 23.4 Å². The third-order valence-corrected chi connectivity index (χ3v) is 4.06. The Morgan fingerprint density at radius 3 is 2.52 bits per heavy atom. The highest BCUT2D eigenvalue weighted by atomic mass is 19.4. The first-order chi connectivity index (χ1) is 11.7. The summed E-state index contributed by atoms with van der Waals surface area (Å²) in [6.07, 6.45) is -2.92. The number of aliphatic carboxylic acids is 1. The number of carboxylic acid groups (broad SMARTS) is 1. The van der Waals surface area contributed by atoms with Gasteiger partial charge in [-0.15, -0.1) is 0 Å². The zero-order valence-corrected chi connectivity index (χ0v) is 14.3. The number of carbonyl (C=O) groups is 1. The third-order valence-electron chi connectivity index (χ3n) is 4.06. The number of aromatic nitrogens is 1. The van der Waals surface area contributed by atoms with Crippen molar-refractivity contribution in [2.75, 3.05) is 18.0 Å². The number of carboxylic acids is 1. The molecule has 0 atom stereocenters. The maximum atomic E-state index is 13.0. The third kappa shape index (κ3) is 5.59. The number of piperidine rings is 1. The highest BCUT2D eigenvalue weighted by molar-refractivity contribution is 5.67. The van der Waals surface area contributed by atoms with Gasteiger partial charge in [0.1, 0.15) is 11.5 Å². The van der Waals surface area contributed by atoms with Gasteiger partial charge in [-0.05, 0) is 44.7 Å². The standard InChI is InChI=1S/C17H23F3N2O3/c1-11(2)25-13-7-9-22(10-8-13)16-12(4-6-15(23)24)3-5-14(21-16)17(18,19)20/h3,5,11,13H,4,6-10H2,1-2H3,(H,23,24). The van der Waals surface area contributed by atoms with Crippen LogP contribution in [0.3, 0.4) is 0 Å². The Hall–Kier alpha value is -1.83. The molecule has 1 saturated heterocycles. The van der Waals surface area contributed by atoms with E-state index in [-0.39, 0.29) is 30.9 Å². The molecule has 1 fully saturated rings. The summed E-state index contributed by atoms with van der Waals surface area (Å²) in [6.45, 7) is 4.97. The van der Waals surface area contributed by atoms with E-state index in [9.17, 15) is 18.0 Å². The maximum Gasteiger partial charge on any atom is 0.433 e. The zero-order chi connectivity index (χ0) is 18.6. The largest absolute Gasteiger partial charge is 0.481 e. The second kappa shape index (κ2) is 8.03. The first kappa shape index (κ1) is 19.5. The summed E-state index contributed by atoms with van der Waals surface area (Å²) < 4.78 is 44.7. The van der Waals surface area contributed by atoms with Crippen LogP contribution in [0, 0.1) is 0 Å². The fourth-order valence-electron chi connectivity index (χ4n) is 2.93. The lowest BCUT2D eigenvalue weighted by atomic mass is 10.0. The predicted molar refractivity (Wildman–Crippen MR) is 86.7 cm³/mol. The van der Waals surface area contributed by atoms with Gasteiger partial charge in [-0.3, -0.25) is 4.79 Å². The molecule has 1 N–H and O–H groups in total. The summed E-state index contributed by atoms with van der Waals surface area (Å²) in [5, 5.41) is 8.85. The number of anilines is 1. The summed E-state index contributed by atoms with van der Waals surface area (Å²) in [5.41, 5.74) is -0.430. The minimum Gasteiger partial charge on any atom is -0.481 e. The lowest BCUT2D eigenvalue weighted by molar-refractivity contribution is -0.141. The molecule has 2 heterocycles. The molecule has 8 heteroatoms. The molecular weight excluding hydrogens is 337 g/mol. The Balaban J connectivity index is 2.19. The van der Waals surface area contributed by atoms with E-state index in [1.807, 2.05) is 13.8 Å². The van der Waals surface area contributed by atoms with Crippen LogP contribution < -0.4 is 4.90 Å². The highest BCUT2D eigenvalue weighted by Gasteiger charge is 2.34. The SMILES string of the molecule is CC(C)OC1CCN(c2nc(C(F)(F)F)ccc2CCC(=O)O)CC1. The van der Waals surface area contributed by atoms with E-state index >= 15 is 0 Å². The van der Waals surface area contributed by atoms with Crippen molar-refractivity contribution in [2.24, 2.45) is 0 Å². The van der Waals surface area contributed by atoms with Crippen molar-refractivity contribution in [3.8, 4) is 0 Å². The van der Waals surface area contributed by atoms with Crippen LogP contribution in [0.5, 0.6) is 0 Å². The number of ether oxygens (including phenoxy) is 1. The molecule has 0 bridgehead atoms. The smallest absolute Gasteiger partial charge is 0.433 e. The van der Waals surface area contributed by atoms with Gasteiger partial charge in [0.25, 0.3) is 0 Å². The minimum atomic E-state index is -4.53. The van der Waals surface area contributed by atoms with E-state index in [4.69, 9.17) is 9.84 Å². The van der Waals surface area contributed by atoms with E-state index in [0.29, 0.717) is 31.5 Å². The van der Waals surface area contributed by atoms with E-state index in [0.717, 1.165) is 6.07 Å². The van der Waals surface area contributed by atoms with Gasteiger partial charge in [0, 0.05) is 19.5 Å². The summed E-state index contributed by atoms with van der Waals surface area (Å²) >= 11 is 0. The van der Waals surface area contributed by atoms with Gasteiger partial charge in [0.15, 0.2) is 0 Å². The summed E-state index contributed by atoms with van der Waals surface area (Å²) in [7, 11) is 0. The van der Waals surface area contributed by atoms with Crippen molar-refractivity contribution in [1.29, 1.82) is 0 Å². The molecule has 2 rings (SSSR count). The van der Waals surface area contributed by atoms with Gasteiger partial charge < -0.3 is 14.7 Å². The molecule has 25 heavy (non-hydrogen) atoms. The first-order valence-corrected chi connectivity index (χ1v) is 8.36. The molecule has 1 aromatic rings. The Morgan fingerprint density at radius 2 is 2.00 bits per heavy atom. The summed E-state index contributed by atoms with van der Waals surface area (Å²) in [6, 6.07) is 2.25.